The van der Waals surface area contributed by atoms with Crippen molar-refractivity contribution in [3.63, 3.8) is 0 Å². The number of hydrogen-bond donors (Lipinski definition) is 2. The molecule has 3 nitrogen and oxygen atoms in total. The third kappa shape index (κ3) is 5.12. The number of halogens is 3. The average Bonchev–Trinajstić information content (AvgIpc) is 2.28. The van der Waals surface area contributed by atoms with Gasteiger partial charge >= 0.3 is 5.51 Å². The van der Waals surface area contributed by atoms with Crippen molar-refractivity contribution in [2.45, 2.75) is 30.3 Å². The highest BCUT2D eigenvalue weighted by Gasteiger charge is 2.30. The van der Waals surface area contributed by atoms with E-state index in [1.54, 1.807) is 19.9 Å². The van der Waals surface area contributed by atoms with Gasteiger partial charge in [0.2, 0.25) is 5.91 Å². The molecule has 0 heterocycles. The number of thioether (sulfide) groups is 1. The van der Waals surface area contributed by atoms with Crippen LogP contribution in [-0.4, -0.2) is 17.5 Å². The molecule has 1 amide bonds. The first-order chi connectivity index (χ1) is 8.70. The molecule has 0 fully saturated rings. The fourth-order valence-corrected chi connectivity index (χ4v) is 1.93. The Balaban J connectivity index is 2.87. The SMILES string of the molecule is CC(C)[C@@H](N)C(=O)Nc1ccccc1SC(F)(F)F. The quantitative estimate of drug-likeness (QED) is 0.838. The fourth-order valence-electron chi connectivity index (χ4n) is 1.30. The summed E-state index contributed by atoms with van der Waals surface area (Å²) in [4.78, 5) is 11.7. The van der Waals surface area contributed by atoms with E-state index in [0.29, 0.717) is 0 Å². The lowest BCUT2D eigenvalue weighted by Gasteiger charge is -2.17. The van der Waals surface area contributed by atoms with E-state index in [1.165, 1.54) is 18.2 Å². The van der Waals surface area contributed by atoms with Crippen molar-refractivity contribution in [1.82, 2.24) is 0 Å². The van der Waals surface area contributed by atoms with Crippen LogP contribution in [0.3, 0.4) is 0 Å². The van der Waals surface area contributed by atoms with E-state index in [4.69, 9.17) is 5.73 Å². The summed E-state index contributed by atoms with van der Waals surface area (Å²) in [6, 6.07) is 4.99. The molecule has 0 unspecified atom stereocenters. The third-order valence-electron chi connectivity index (χ3n) is 2.39. The minimum Gasteiger partial charge on any atom is -0.324 e. The van der Waals surface area contributed by atoms with Crippen LogP contribution in [0.4, 0.5) is 18.9 Å². The van der Waals surface area contributed by atoms with Crippen LogP contribution in [0.2, 0.25) is 0 Å². The fraction of sp³-hybridized carbons (Fsp3) is 0.417. The second kappa shape index (κ2) is 6.29. The highest BCUT2D eigenvalue weighted by Crippen LogP contribution is 2.40. The molecule has 1 aromatic rings. The van der Waals surface area contributed by atoms with Gasteiger partial charge in [-0.05, 0) is 29.8 Å². The lowest BCUT2D eigenvalue weighted by atomic mass is 10.1. The Morgan fingerprint density at radius 2 is 1.89 bits per heavy atom. The number of carbonyl (C=O) groups is 1. The van der Waals surface area contributed by atoms with Gasteiger partial charge in [-0.25, -0.2) is 0 Å². The van der Waals surface area contributed by atoms with Gasteiger partial charge < -0.3 is 11.1 Å². The number of amides is 1. The first-order valence-corrected chi connectivity index (χ1v) is 6.43. The highest BCUT2D eigenvalue weighted by molar-refractivity contribution is 8.00. The van der Waals surface area contributed by atoms with Gasteiger partial charge in [-0.1, -0.05) is 26.0 Å². The zero-order valence-corrected chi connectivity index (χ0v) is 11.3. The summed E-state index contributed by atoms with van der Waals surface area (Å²) in [5, 5.41) is 2.43. The molecule has 106 valence electrons. The van der Waals surface area contributed by atoms with Crippen molar-refractivity contribution in [3.8, 4) is 0 Å². The predicted octanol–water partition coefficient (Wildman–Crippen LogP) is 3.22. The van der Waals surface area contributed by atoms with Crippen LogP contribution in [0, 0.1) is 5.92 Å². The first-order valence-electron chi connectivity index (χ1n) is 5.62. The molecule has 0 aliphatic rings. The zero-order chi connectivity index (χ0) is 14.6. The lowest BCUT2D eigenvalue weighted by molar-refractivity contribution is -0.118. The molecule has 0 saturated carbocycles. The molecule has 1 aromatic carbocycles. The Morgan fingerprint density at radius 3 is 2.42 bits per heavy atom. The molecule has 0 aliphatic carbocycles. The second-order valence-electron chi connectivity index (χ2n) is 4.30. The molecule has 0 bridgehead atoms. The van der Waals surface area contributed by atoms with E-state index < -0.39 is 17.5 Å². The number of carbonyl (C=O) groups excluding carboxylic acids is 1. The van der Waals surface area contributed by atoms with E-state index in [0.717, 1.165) is 0 Å². The number of para-hydroxylation sites is 1. The number of benzene rings is 1. The molecule has 3 N–H and O–H groups in total. The van der Waals surface area contributed by atoms with Gasteiger partial charge in [0.25, 0.3) is 0 Å². The minimum atomic E-state index is -4.40. The number of hydrogen-bond acceptors (Lipinski definition) is 3. The highest BCUT2D eigenvalue weighted by atomic mass is 32.2. The zero-order valence-electron chi connectivity index (χ0n) is 10.5. The van der Waals surface area contributed by atoms with E-state index in [-0.39, 0.29) is 28.3 Å². The van der Waals surface area contributed by atoms with Gasteiger partial charge in [-0.2, -0.15) is 13.2 Å². The third-order valence-corrected chi connectivity index (χ3v) is 3.20. The van der Waals surface area contributed by atoms with E-state index in [1.807, 2.05) is 0 Å². The molecule has 0 radical (unpaired) electrons. The van der Waals surface area contributed by atoms with Crippen LogP contribution >= 0.6 is 11.8 Å². The number of anilines is 1. The second-order valence-corrected chi connectivity index (χ2v) is 5.41. The number of nitrogens with one attached hydrogen (secondary N) is 1. The van der Waals surface area contributed by atoms with Crippen LogP contribution < -0.4 is 11.1 Å². The number of nitrogens with two attached hydrogens (primary N) is 1. The van der Waals surface area contributed by atoms with Crippen molar-refractivity contribution in [1.29, 1.82) is 0 Å². The van der Waals surface area contributed by atoms with Crippen molar-refractivity contribution in [3.05, 3.63) is 24.3 Å². The Morgan fingerprint density at radius 1 is 1.32 bits per heavy atom. The van der Waals surface area contributed by atoms with Crippen LogP contribution in [0.25, 0.3) is 0 Å². The number of alkyl halides is 3. The van der Waals surface area contributed by atoms with Gasteiger partial charge in [-0.3, -0.25) is 4.79 Å². The van der Waals surface area contributed by atoms with Gasteiger partial charge in [0.05, 0.1) is 11.7 Å². The van der Waals surface area contributed by atoms with E-state index in [2.05, 4.69) is 5.32 Å². The predicted molar refractivity (Wildman–Crippen MR) is 69.8 cm³/mol. The van der Waals surface area contributed by atoms with E-state index in [9.17, 15) is 18.0 Å². The van der Waals surface area contributed by atoms with Crippen molar-refractivity contribution in [2.24, 2.45) is 11.7 Å². The Hall–Kier alpha value is -1.21. The average molecular weight is 292 g/mol. The summed E-state index contributed by atoms with van der Waals surface area (Å²) < 4.78 is 37.1. The Bertz CT molecular complexity index is 449. The van der Waals surface area contributed by atoms with Gasteiger partial charge in [-0.15, -0.1) is 0 Å². The molecule has 1 rings (SSSR count). The normalized spacial score (nSPS) is 13.4. The largest absolute Gasteiger partial charge is 0.446 e. The molecule has 0 spiro atoms. The van der Waals surface area contributed by atoms with Crippen molar-refractivity contribution in [2.75, 3.05) is 5.32 Å². The standard InChI is InChI=1S/C12H15F3N2OS/c1-7(2)10(16)11(18)17-8-5-3-4-6-9(8)19-12(13,14)15/h3-7,10H,16H2,1-2H3,(H,17,18)/t10-/m1/s1. The smallest absolute Gasteiger partial charge is 0.324 e. The summed E-state index contributed by atoms with van der Waals surface area (Å²) in [7, 11) is 0. The maximum Gasteiger partial charge on any atom is 0.446 e. The molecule has 19 heavy (non-hydrogen) atoms. The van der Waals surface area contributed by atoms with Crippen LogP contribution in [0.15, 0.2) is 29.2 Å². The Labute approximate surface area is 113 Å². The summed E-state index contributed by atoms with van der Waals surface area (Å²) in [6.07, 6.45) is 0. The summed E-state index contributed by atoms with van der Waals surface area (Å²) in [6.45, 7) is 3.53. The molecular weight excluding hydrogens is 277 g/mol. The van der Waals surface area contributed by atoms with Crippen LogP contribution in [0.1, 0.15) is 13.8 Å². The van der Waals surface area contributed by atoms with Crippen LogP contribution in [-0.2, 0) is 4.79 Å². The van der Waals surface area contributed by atoms with Gasteiger partial charge in [0, 0.05) is 4.90 Å². The maximum absolute atomic E-state index is 12.4. The monoisotopic (exact) mass is 292 g/mol. The summed E-state index contributed by atoms with van der Waals surface area (Å²) in [5.74, 6) is -0.590. The molecule has 0 aromatic heterocycles. The summed E-state index contributed by atoms with van der Waals surface area (Å²) in [5.41, 5.74) is 1.36. The molecular formula is C12H15F3N2OS. The van der Waals surface area contributed by atoms with Crippen LogP contribution in [0.5, 0.6) is 0 Å². The summed E-state index contributed by atoms with van der Waals surface area (Å²) >= 11 is -0.266. The first kappa shape index (κ1) is 15.8. The Kier molecular flexibility index (Phi) is 5.25. The van der Waals surface area contributed by atoms with Gasteiger partial charge in [0.15, 0.2) is 0 Å². The molecule has 1 atom stereocenters. The topological polar surface area (TPSA) is 55.1 Å². The van der Waals surface area contributed by atoms with Crippen molar-refractivity contribution < 1.29 is 18.0 Å². The van der Waals surface area contributed by atoms with E-state index >= 15 is 0 Å². The molecule has 0 saturated heterocycles. The van der Waals surface area contributed by atoms with Gasteiger partial charge in [0.1, 0.15) is 0 Å². The maximum atomic E-state index is 12.4. The molecule has 0 aliphatic heterocycles. The minimum absolute atomic E-state index is 0.0562. The lowest BCUT2D eigenvalue weighted by Crippen LogP contribution is -2.39. The number of rotatable bonds is 4. The molecule has 7 heteroatoms. The van der Waals surface area contributed by atoms with Crippen molar-refractivity contribution >= 4 is 23.4 Å².